The quantitative estimate of drug-likeness (QED) is 0.733. The van der Waals surface area contributed by atoms with Crippen molar-refractivity contribution in [3.63, 3.8) is 0 Å². The molecule has 0 heterocycles. The van der Waals surface area contributed by atoms with Gasteiger partial charge in [0.25, 0.3) is 0 Å². The summed E-state index contributed by atoms with van der Waals surface area (Å²) in [5.74, 6) is 0.212. The van der Waals surface area contributed by atoms with Crippen LogP contribution in [0.2, 0.25) is 0 Å². The van der Waals surface area contributed by atoms with Crippen molar-refractivity contribution in [2.24, 2.45) is 0 Å². The molecule has 0 atom stereocenters. The second kappa shape index (κ2) is 4.97. The van der Waals surface area contributed by atoms with E-state index in [9.17, 15) is 17.8 Å². The minimum atomic E-state index is -5.23. The third-order valence-electron chi connectivity index (χ3n) is 0.919. The van der Waals surface area contributed by atoms with Crippen LogP contribution >= 0.6 is 7.76 Å². The third kappa shape index (κ3) is 7.46. The van der Waals surface area contributed by atoms with Crippen molar-refractivity contribution in [3.05, 3.63) is 11.5 Å². The van der Waals surface area contributed by atoms with Gasteiger partial charge in [-0.1, -0.05) is 0 Å². The second-order valence-corrected chi connectivity index (χ2v) is 3.42. The van der Waals surface area contributed by atoms with Gasteiger partial charge in [-0.2, -0.15) is 0 Å². The molecule has 13 heavy (non-hydrogen) atoms. The molecule has 1 N–H and O–H groups in total. The highest BCUT2D eigenvalue weighted by Gasteiger charge is 2.15. The molecule has 76 valence electrons. The lowest BCUT2D eigenvalue weighted by atomic mass is 10.6. The normalized spacial score (nSPS) is 12.5. The first-order valence-electron chi connectivity index (χ1n) is 3.47. The molecule has 0 aliphatic heterocycles. The molecule has 7 heteroatoms. The number of hydrogen-bond donors (Lipinski definition) is 1. The van der Waals surface area contributed by atoms with E-state index < -0.39 is 13.9 Å². The number of allylic oxidation sites excluding steroid dienone is 1. The first-order chi connectivity index (χ1) is 5.85. The standard InChI is InChI=1S/C6H10F2NO3P/c1-3-12-6(10)9-5(2)4-13(7,8)11/h4H,3H2,1-2H3,(H,9,10)/b5-4+. The third-order valence-corrected chi connectivity index (χ3v) is 1.61. The molecule has 1 amide bonds. The lowest BCUT2D eigenvalue weighted by Crippen LogP contribution is -2.22. The number of ether oxygens (including phenoxy) is 1. The fraction of sp³-hybridized carbons (Fsp3) is 0.500. The summed E-state index contributed by atoms with van der Waals surface area (Å²) in [5, 5.41) is 1.99. The molecule has 0 saturated heterocycles. The Kier molecular flexibility index (Phi) is 4.62. The molecular formula is C6H10F2NO3P. The minimum absolute atomic E-state index is 0.141. The molecule has 0 rings (SSSR count). The zero-order valence-electron chi connectivity index (χ0n) is 7.21. The number of alkyl carbamates (subject to hydrolysis) is 1. The fourth-order valence-corrected chi connectivity index (χ4v) is 1.10. The summed E-state index contributed by atoms with van der Waals surface area (Å²) in [6, 6.07) is 0. The van der Waals surface area contributed by atoms with Crippen LogP contribution in [0.15, 0.2) is 11.5 Å². The summed E-state index contributed by atoms with van der Waals surface area (Å²) in [6.45, 7) is 2.92. The average Bonchev–Trinajstić information content (AvgIpc) is 1.81. The van der Waals surface area contributed by atoms with Crippen LogP contribution in [0.25, 0.3) is 0 Å². The summed E-state index contributed by atoms with van der Waals surface area (Å²) >= 11 is 0. The van der Waals surface area contributed by atoms with Gasteiger partial charge in [0.15, 0.2) is 0 Å². The predicted octanol–water partition coefficient (Wildman–Crippen LogP) is 2.73. The molecule has 0 aliphatic carbocycles. The maximum absolute atomic E-state index is 11.9. The van der Waals surface area contributed by atoms with Gasteiger partial charge in [0.1, 0.15) is 0 Å². The van der Waals surface area contributed by atoms with Crippen LogP contribution in [0.4, 0.5) is 13.2 Å². The lowest BCUT2D eigenvalue weighted by Gasteiger charge is -2.04. The molecule has 0 aromatic carbocycles. The molecule has 0 aromatic heterocycles. The number of amides is 1. The highest BCUT2D eigenvalue weighted by molar-refractivity contribution is 7.56. The van der Waals surface area contributed by atoms with E-state index in [1.165, 1.54) is 6.92 Å². The van der Waals surface area contributed by atoms with E-state index in [1.54, 1.807) is 6.92 Å². The Morgan fingerprint density at radius 3 is 2.54 bits per heavy atom. The summed E-state index contributed by atoms with van der Waals surface area (Å²) < 4.78 is 38.2. The SMILES string of the molecule is CCOC(=O)N/C(C)=C/P(=O)(F)F. The van der Waals surface area contributed by atoms with Crippen LogP contribution < -0.4 is 5.32 Å². The molecule has 0 unspecified atom stereocenters. The van der Waals surface area contributed by atoms with Crippen LogP contribution in [-0.4, -0.2) is 12.7 Å². The van der Waals surface area contributed by atoms with Gasteiger partial charge < -0.3 is 4.74 Å². The number of carbonyl (C=O) groups is 1. The van der Waals surface area contributed by atoms with E-state index in [4.69, 9.17) is 0 Å². The van der Waals surface area contributed by atoms with Gasteiger partial charge in [0.05, 0.1) is 12.4 Å². The zero-order chi connectivity index (χ0) is 10.5. The van der Waals surface area contributed by atoms with E-state index in [0.717, 1.165) is 0 Å². The average molecular weight is 213 g/mol. The summed E-state index contributed by atoms with van der Waals surface area (Å²) in [6.07, 6.45) is -0.843. The zero-order valence-corrected chi connectivity index (χ0v) is 8.11. The first-order valence-corrected chi connectivity index (χ1v) is 5.03. The molecule has 0 aromatic rings. The van der Waals surface area contributed by atoms with Crippen molar-refractivity contribution in [1.29, 1.82) is 0 Å². The van der Waals surface area contributed by atoms with E-state index in [1.807, 2.05) is 5.32 Å². The highest BCUT2D eigenvalue weighted by Crippen LogP contribution is 2.51. The van der Waals surface area contributed by atoms with Gasteiger partial charge >= 0.3 is 13.9 Å². The Hall–Kier alpha value is -0.900. The Labute approximate surface area is 74.6 Å². The van der Waals surface area contributed by atoms with Gasteiger partial charge in [-0.25, -0.2) is 9.36 Å². The van der Waals surface area contributed by atoms with E-state index in [0.29, 0.717) is 0 Å². The van der Waals surface area contributed by atoms with Crippen molar-refractivity contribution in [3.8, 4) is 0 Å². The second-order valence-electron chi connectivity index (χ2n) is 2.16. The monoisotopic (exact) mass is 213 g/mol. The van der Waals surface area contributed by atoms with Crippen molar-refractivity contribution in [2.45, 2.75) is 13.8 Å². The number of hydrogen-bond acceptors (Lipinski definition) is 3. The van der Waals surface area contributed by atoms with E-state index in [-0.39, 0.29) is 18.1 Å². The van der Waals surface area contributed by atoms with Crippen LogP contribution in [0.3, 0.4) is 0 Å². The maximum Gasteiger partial charge on any atom is 0.427 e. The largest absolute Gasteiger partial charge is 0.450 e. The van der Waals surface area contributed by atoms with Gasteiger partial charge in [0, 0.05) is 5.70 Å². The van der Waals surface area contributed by atoms with Gasteiger partial charge in [-0.15, -0.1) is 8.39 Å². The highest BCUT2D eigenvalue weighted by atomic mass is 31.2. The Morgan fingerprint density at radius 2 is 2.15 bits per heavy atom. The van der Waals surface area contributed by atoms with Crippen molar-refractivity contribution < 1.29 is 22.5 Å². The Bertz CT molecular complexity index is 261. The first kappa shape index (κ1) is 12.1. The van der Waals surface area contributed by atoms with Crippen molar-refractivity contribution in [1.82, 2.24) is 5.32 Å². The Morgan fingerprint density at radius 1 is 1.62 bits per heavy atom. The molecule has 0 saturated carbocycles. The van der Waals surface area contributed by atoms with Crippen LogP contribution in [0, 0.1) is 0 Å². The fourth-order valence-electron chi connectivity index (χ4n) is 0.586. The molecule has 0 bridgehead atoms. The van der Waals surface area contributed by atoms with Crippen molar-refractivity contribution in [2.75, 3.05) is 6.61 Å². The smallest absolute Gasteiger partial charge is 0.427 e. The van der Waals surface area contributed by atoms with Gasteiger partial charge in [-0.05, 0) is 13.8 Å². The Balaban J connectivity index is 4.15. The van der Waals surface area contributed by atoms with Crippen molar-refractivity contribution >= 4 is 13.9 Å². The number of nitrogens with one attached hydrogen (secondary N) is 1. The predicted molar refractivity (Wildman–Crippen MR) is 43.7 cm³/mol. The number of carbonyl (C=O) groups excluding carboxylic acids is 1. The maximum atomic E-state index is 11.9. The molecular weight excluding hydrogens is 203 g/mol. The van der Waals surface area contributed by atoms with Crippen LogP contribution in [0.1, 0.15) is 13.8 Å². The van der Waals surface area contributed by atoms with E-state index in [2.05, 4.69) is 4.74 Å². The molecule has 0 radical (unpaired) electrons. The van der Waals surface area contributed by atoms with E-state index >= 15 is 0 Å². The van der Waals surface area contributed by atoms with Crippen LogP contribution in [-0.2, 0) is 9.30 Å². The summed E-state index contributed by atoms with van der Waals surface area (Å²) in [4.78, 5) is 10.6. The summed E-state index contributed by atoms with van der Waals surface area (Å²) in [5.41, 5.74) is -0.188. The number of rotatable bonds is 3. The minimum Gasteiger partial charge on any atom is -0.450 e. The molecule has 0 spiro atoms. The molecule has 0 fully saturated rings. The van der Waals surface area contributed by atoms with Crippen LogP contribution in [0.5, 0.6) is 0 Å². The lowest BCUT2D eigenvalue weighted by molar-refractivity contribution is 0.155. The van der Waals surface area contributed by atoms with Gasteiger partial charge in [0.2, 0.25) is 0 Å². The molecule has 0 aliphatic rings. The number of halogens is 2. The van der Waals surface area contributed by atoms with Gasteiger partial charge in [-0.3, -0.25) is 5.32 Å². The molecule has 4 nitrogen and oxygen atoms in total. The topological polar surface area (TPSA) is 55.4 Å². The summed E-state index contributed by atoms with van der Waals surface area (Å²) in [7, 11) is -5.23.